The minimum Gasteiger partial charge on any atom is -0.496 e. The molecule has 0 aliphatic rings. The summed E-state index contributed by atoms with van der Waals surface area (Å²) in [5.74, 6) is 1.71. The third-order valence-corrected chi connectivity index (χ3v) is 4.39. The molecule has 2 aromatic carbocycles. The number of methoxy groups -OCH3 is 1. The smallest absolute Gasteiger partial charge is 0.147 e. The average molecular weight is 391 g/mol. The van der Waals surface area contributed by atoms with Gasteiger partial charge in [-0.25, -0.2) is 0 Å². The van der Waals surface area contributed by atoms with Crippen molar-refractivity contribution in [1.82, 2.24) is 0 Å². The van der Waals surface area contributed by atoms with Crippen molar-refractivity contribution in [3.05, 3.63) is 50.4 Å². The van der Waals surface area contributed by atoms with Gasteiger partial charge >= 0.3 is 0 Å². The summed E-state index contributed by atoms with van der Waals surface area (Å²) in [6.07, 6.45) is 0. The number of halogens is 3. The number of nitrogens with two attached hydrogens (primary N) is 1. The van der Waals surface area contributed by atoms with E-state index in [-0.39, 0.29) is 6.04 Å². The zero-order chi connectivity index (χ0) is 15.6. The Bertz CT molecular complexity index is 662. The number of ether oxygens (including phenoxy) is 2. The van der Waals surface area contributed by atoms with Crippen LogP contribution in [0.25, 0.3) is 0 Å². The van der Waals surface area contributed by atoms with Crippen LogP contribution >= 0.6 is 39.1 Å². The van der Waals surface area contributed by atoms with Crippen LogP contribution in [-0.4, -0.2) is 7.11 Å². The van der Waals surface area contributed by atoms with E-state index >= 15 is 0 Å². The van der Waals surface area contributed by atoms with Gasteiger partial charge in [-0.15, -0.1) is 0 Å². The Balaban J connectivity index is 2.47. The van der Waals surface area contributed by atoms with Crippen molar-refractivity contribution in [3.8, 4) is 17.2 Å². The van der Waals surface area contributed by atoms with Crippen molar-refractivity contribution in [1.29, 1.82) is 0 Å². The molecule has 0 bridgehead atoms. The monoisotopic (exact) mass is 389 g/mol. The molecule has 0 saturated heterocycles. The van der Waals surface area contributed by atoms with Gasteiger partial charge in [-0.2, -0.15) is 0 Å². The van der Waals surface area contributed by atoms with Crippen molar-refractivity contribution in [2.75, 3.05) is 7.11 Å². The minimum absolute atomic E-state index is 0.249. The van der Waals surface area contributed by atoms with Crippen molar-refractivity contribution in [2.24, 2.45) is 5.73 Å². The van der Waals surface area contributed by atoms with Crippen LogP contribution in [0.3, 0.4) is 0 Å². The third-order valence-electron chi connectivity index (χ3n) is 2.90. The Labute approximate surface area is 142 Å². The lowest BCUT2D eigenvalue weighted by Gasteiger charge is -2.17. The molecule has 0 spiro atoms. The number of hydrogen-bond donors (Lipinski definition) is 1. The van der Waals surface area contributed by atoms with Crippen LogP contribution in [0.15, 0.2) is 34.8 Å². The molecule has 2 rings (SSSR count). The minimum atomic E-state index is -0.249. The molecule has 2 N–H and O–H groups in total. The molecule has 0 aliphatic heterocycles. The highest BCUT2D eigenvalue weighted by Crippen LogP contribution is 2.40. The van der Waals surface area contributed by atoms with E-state index in [2.05, 4.69) is 15.9 Å². The maximum atomic E-state index is 6.18. The Kier molecular flexibility index (Phi) is 5.38. The lowest BCUT2D eigenvalue weighted by atomic mass is 10.1. The summed E-state index contributed by atoms with van der Waals surface area (Å²) in [6.45, 7) is 1.86. The highest BCUT2D eigenvalue weighted by Gasteiger charge is 2.16. The SMILES string of the molecule is COc1cccc(Oc2cc(Cl)c(Br)cc2Cl)c1C(C)N. The molecule has 3 nitrogen and oxygen atoms in total. The van der Waals surface area contributed by atoms with Crippen molar-refractivity contribution >= 4 is 39.1 Å². The number of benzene rings is 2. The predicted octanol–water partition coefficient (Wildman–Crippen LogP) is 5.58. The van der Waals surface area contributed by atoms with Gasteiger partial charge in [0.1, 0.15) is 17.2 Å². The van der Waals surface area contributed by atoms with E-state index in [9.17, 15) is 0 Å². The van der Waals surface area contributed by atoms with Crippen LogP contribution in [0, 0.1) is 0 Å². The summed E-state index contributed by atoms with van der Waals surface area (Å²) < 4.78 is 11.9. The Hall–Kier alpha value is -0.940. The highest BCUT2D eigenvalue weighted by molar-refractivity contribution is 9.10. The molecule has 112 valence electrons. The molecule has 0 fully saturated rings. The van der Waals surface area contributed by atoms with Gasteiger partial charge in [0.15, 0.2) is 0 Å². The summed E-state index contributed by atoms with van der Waals surface area (Å²) in [5.41, 5.74) is 6.78. The highest BCUT2D eigenvalue weighted by atomic mass is 79.9. The maximum Gasteiger partial charge on any atom is 0.147 e. The summed E-state index contributed by atoms with van der Waals surface area (Å²) >= 11 is 15.6. The number of hydrogen-bond acceptors (Lipinski definition) is 3. The Morgan fingerprint density at radius 2 is 1.76 bits per heavy atom. The second kappa shape index (κ2) is 6.88. The van der Waals surface area contributed by atoms with Crippen LogP contribution in [0.5, 0.6) is 17.2 Å². The van der Waals surface area contributed by atoms with Gasteiger partial charge < -0.3 is 15.2 Å². The average Bonchev–Trinajstić information content (AvgIpc) is 2.44. The van der Waals surface area contributed by atoms with Gasteiger partial charge in [0.25, 0.3) is 0 Å². The lowest BCUT2D eigenvalue weighted by Crippen LogP contribution is -2.08. The molecule has 1 atom stereocenters. The van der Waals surface area contributed by atoms with Gasteiger partial charge in [0, 0.05) is 16.6 Å². The molecule has 21 heavy (non-hydrogen) atoms. The van der Waals surface area contributed by atoms with Crippen LogP contribution in [0.2, 0.25) is 10.0 Å². The summed E-state index contributed by atoms with van der Waals surface area (Å²) in [4.78, 5) is 0. The first kappa shape index (κ1) is 16.4. The lowest BCUT2D eigenvalue weighted by molar-refractivity contribution is 0.397. The van der Waals surface area contributed by atoms with E-state index in [1.165, 1.54) is 0 Å². The van der Waals surface area contributed by atoms with Gasteiger partial charge in [-0.3, -0.25) is 0 Å². The van der Waals surface area contributed by atoms with E-state index in [1.54, 1.807) is 19.2 Å². The van der Waals surface area contributed by atoms with E-state index in [1.807, 2.05) is 25.1 Å². The second-order valence-electron chi connectivity index (χ2n) is 4.46. The fourth-order valence-corrected chi connectivity index (χ4v) is 2.77. The van der Waals surface area contributed by atoms with Crippen LogP contribution in [0.4, 0.5) is 0 Å². The fraction of sp³-hybridized carbons (Fsp3) is 0.200. The van der Waals surface area contributed by atoms with Crippen molar-refractivity contribution < 1.29 is 9.47 Å². The molecule has 0 aliphatic carbocycles. The molecule has 0 aromatic heterocycles. The van der Waals surface area contributed by atoms with Gasteiger partial charge in [0.2, 0.25) is 0 Å². The second-order valence-corrected chi connectivity index (χ2v) is 6.13. The Morgan fingerprint density at radius 3 is 2.38 bits per heavy atom. The number of rotatable bonds is 4. The standard InChI is InChI=1S/C15H14BrCl2NO2/c1-8(19)15-12(20-2)4-3-5-13(15)21-14-7-10(17)9(16)6-11(14)18/h3-8H,19H2,1-2H3. The van der Waals surface area contributed by atoms with Gasteiger partial charge in [0.05, 0.1) is 22.7 Å². The molecule has 1 unspecified atom stereocenters. The molecular weight excluding hydrogens is 377 g/mol. The quantitative estimate of drug-likeness (QED) is 0.693. The molecule has 0 heterocycles. The molecular formula is C15H14BrCl2NO2. The first-order valence-corrected chi connectivity index (χ1v) is 7.73. The maximum absolute atomic E-state index is 6.18. The summed E-state index contributed by atoms with van der Waals surface area (Å²) in [6, 6.07) is 8.56. The van der Waals surface area contributed by atoms with E-state index in [0.29, 0.717) is 31.8 Å². The summed E-state index contributed by atoms with van der Waals surface area (Å²) in [5, 5.41) is 0.962. The molecule has 0 saturated carbocycles. The third kappa shape index (κ3) is 3.64. The van der Waals surface area contributed by atoms with Crippen LogP contribution in [0.1, 0.15) is 18.5 Å². The zero-order valence-corrected chi connectivity index (χ0v) is 14.6. The molecule has 0 amide bonds. The van der Waals surface area contributed by atoms with Gasteiger partial charge in [-0.05, 0) is 41.1 Å². The first-order valence-electron chi connectivity index (χ1n) is 6.19. The zero-order valence-electron chi connectivity index (χ0n) is 11.5. The van der Waals surface area contributed by atoms with Gasteiger partial charge in [-0.1, -0.05) is 29.3 Å². The van der Waals surface area contributed by atoms with E-state index < -0.39 is 0 Å². The first-order chi connectivity index (χ1) is 9.93. The fourth-order valence-electron chi connectivity index (χ4n) is 1.94. The summed E-state index contributed by atoms with van der Waals surface area (Å²) in [7, 11) is 1.59. The normalized spacial score (nSPS) is 12.1. The molecule has 6 heteroatoms. The molecule has 2 aromatic rings. The Morgan fingerprint density at radius 1 is 1.10 bits per heavy atom. The largest absolute Gasteiger partial charge is 0.496 e. The van der Waals surface area contributed by atoms with E-state index in [0.717, 1.165) is 5.56 Å². The predicted molar refractivity (Wildman–Crippen MR) is 89.8 cm³/mol. The van der Waals surface area contributed by atoms with Crippen molar-refractivity contribution in [2.45, 2.75) is 13.0 Å². The topological polar surface area (TPSA) is 44.5 Å². The molecule has 0 radical (unpaired) electrons. The van der Waals surface area contributed by atoms with Crippen LogP contribution < -0.4 is 15.2 Å². The van der Waals surface area contributed by atoms with E-state index in [4.69, 9.17) is 38.4 Å². The van der Waals surface area contributed by atoms with Crippen molar-refractivity contribution in [3.63, 3.8) is 0 Å². The van der Waals surface area contributed by atoms with Crippen LogP contribution in [-0.2, 0) is 0 Å².